The second-order valence-corrected chi connectivity index (χ2v) is 5.55. The van der Waals surface area contributed by atoms with E-state index in [1.807, 2.05) is 13.8 Å². The van der Waals surface area contributed by atoms with Gasteiger partial charge in [0.1, 0.15) is 0 Å². The van der Waals surface area contributed by atoms with Crippen molar-refractivity contribution in [1.29, 1.82) is 0 Å². The lowest BCUT2D eigenvalue weighted by molar-refractivity contribution is -0.139. The Balaban J connectivity index is 0.00000484. The molecule has 0 spiro atoms. The lowest BCUT2D eigenvalue weighted by Gasteiger charge is -2.36. The number of esters is 1. The molecule has 134 valence electrons. The number of rotatable bonds is 7. The van der Waals surface area contributed by atoms with Gasteiger partial charge in [-0.2, -0.15) is 0 Å². The first-order chi connectivity index (χ1) is 10.4. The molecule has 3 N–H and O–H groups in total. The molecular formula is C16H29ClN2O4. The van der Waals surface area contributed by atoms with Crippen molar-refractivity contribution >= 4 is 24.3 Å². The van der Waals surface area contributed by atoms with E-state index in [4.69, 9.17) is 15.2 Å². The molecule has 0 saturated carbocycles. The molecule has 6 nitrogen and oxygen atoms in total. The van der Waals surface area contributed by atoms with Gasteiger partial charge < -0.3 is 20.5 Å². The van der Waals surface area contributed by atoms with E-state index in [-0.39, 0.29) is 42.5 Å². The van der Waals surface area contributed by atoms with E-state index in [1.54, 1.807) is 13.0 Å². The first kappa shape index (κ1) is 21.9. The third-order valence-corrected chi connectivity index (χ3v) is 3.80. The first-order valence-corrected chi connectivity index (χ1v) is 7.98. The molecule has 0 fully saturated rings. The summed E-state index contributed by atoms with van der Waals surface area (Å²) in [6, 6.07) is -0.719. The summed E-state index contributed by atoms with van der Waals surface area (Å²) in [5, 5.41) is 2.84. The molecule has 23 heavy (non-hydrogen) atoms. The Morgan fingerprint density at radius 3 is 2.43 bits per heavy atom. The normalized spacial score (nSPS) is 23.7. The molecule has 0 heterocycles. The summed E-state index contributed by atoms with van der Waals surface area (Å²) in [7, 11) is 0. The summed E-state index contributed by atoms with van der Waals surface area (Å²) in [4.78, 5) is 23.4. The molecule has 0 bridgehead atoms. The maximum Gasteiger partial charge on any atom is 0.333 e. The van der Waals surface area contributed by atoms with Gasteiger partial charge in [-0.1, -0.05) is 13.8 Å². The van der Waals surface area contributed by atoms with E-state index in [0.717, 1.165) is 12.8 Å². The monoisotopic (exact) mass is 348 g/mol. The highest BCUT2D eigenvalue weighted by Gasteiger charge is 2.35. The first-order valence-electron chi connectivity index (χ1n) is 7.98. The van der Waals surface area contributed by atoms with Crippen molar-refractivity contribution in [3.05, 3.63) is 11.6 Å². The highest BCUT2D eigenvalue weighted by atomic mass is 35.5. The quantitative estimate of drug-likeness (QED) is 0.683. The molecule has 0 aromatic rings. The minimum Gasteiger partial charge on any atom is -0.463 e. The van der Waals surface area contributed by atoms with Crippen LogP contribution in [0.5, 0.6) is 0 Å². The second kappa shape index (κ2) is 10.6. The number of hydrogen-bond acceptors (Lipinski definition) is 5. The summed E-state index contributed by atoms with van der Waals surface area (Å²) in [6.45, 7) is 7.62. The van der Waals surface area contributed by atoms with Gasteiger partial charge in [0.2, 0.25) is 5.91 Å². The molecular weight excluding hydrogens is 320 g/mol. The van der Waals surface area contributed by atoms with Crippen LogP contribution in [0, 0.1) is 0 Å². The van der Waals surface area contributed by atoms with Crippen molar-refractivity contribution in [2.75, 3.05) is 6.61 Å². The van der Waals surface area contributed by atoms with Crippen LogP contribution >= 0.6 is 12.4 Å². The maximum absolute atomic E-state index is 12.0. The summed E-state index contributed by atoms with van der Waals surface area (Å²) < 4.78 is 11.1. The molecule has 7 heteroatoms. The van der Waals surface area contributed by atoms with Gasteiger partial charge >= 0.3 is 5.97 Å². The standard InChI is InChI=1S/C16H28N2O4.ClH/c1-5-12(6-2)22-14-9-11(16(20)21-7-3)8-13(17)15(14)18-10(4)19;/h9,12-15H,5-8,17H2,1-4H3,(H,18,19);1H/t13-,14+,15-;/m1./s1. The van der Waals surface area contributed by atoms with Crippen LogP contribution in [0.25, 0.3) is 0 Å². The smallest absolute Gasteiger partial charge is 0.333 e. The molecule has 0 aliphatic heterocycles. The lowest BCUT2D eigenvalue weighted by atomic mass is 9.88. The van der Waals surface area contributed by atoms with E-state index in [0.29, 0.717) is 18.6 Å². The number of nitrogens with one attached hydrogen (secondary N) is 1. The summed E-state index contributed by atoms with van der Waals surface area (Å²) in [5.41, 5.74) is 6.68. The van der Waals surface area contributed by atoms with Gasteiger partial charge in [0.25, 0.3) is 0 Å². The molecule has 1 aliphatic rings. The molecule has 0 saturated heterocycles. The Kier molecular flexibility index (Phi) is 10.1. The van der Waals surface area contributed by atoms with Gasteiger partial charge in [-0.3, -0.25) is 4.79 Å². The fourth-order valence-corrected chi connectivity index (χ4v) is 2.62. The number of halogens is 1. The zero-order valence-electron chi connectivity index (χ0n) is 14.3. The van der Waals surface area contributed by atoms with Crippen LogP contribution in [-0.4, -0.2) is 42.8 Å². The van der Waals surface area contributed by atoms with E-state index < -0.39 is 6.10 Å². The highest BCUT2D eigenvalue weighted by Crippen LogP contribution is 2.24. The van der Waals surface area contributed by atoms with E-state index in [2.05, 4.69) is 5.32 Å². The average molecular weight is 349 g/mol. The fourth-order valence-electron chi connectivity index (χ4n) is 2.62. The highest BCUT2D eigenvalue weighted by molar-refractivity contribution is 5.89. The molecule has 3 atom stereocenters. The Bertz CT molecular complexity index is 424. The molecule has 1 rings (SSSR count). The number of amides is 1. The van der Waals surface area contributed by atoms with Crippen molar-refractivity contribution in [2.45, 2.75) is 71.2 Å². The largest absolute Gasteiger partial charge is 0.463 e. The van der Waals surface area contributed by atoms with Crippen molar-refractivity contribution in [3.63, 3.8) is 0 Å². The van der Waals surface area contributed by atoms with Crippen molar-refractivity contribution in [1.82, 2.24) is 5.32 Å². The van der Waals surface area contributed by atoms with Gasteiger partial charge in [0.15, 0.2) is 0 Å². The number of hydrogen-bond donors (Lipinski definition) is 2. The Morgan fingerprint density at radius 1 is 1.35 bits per heavy atom. The van der Waals surface area contributed by atoms with Gasteiger partial charge in [-0.25, -0.2) is 4.79 Å². The molecule has 0 unspecified atom stereocenters. The predicted molar refractivity (Wildman–Crippen MR) is 91.4 cm³/mol. The van der Waals surface area contributed by atoms with Gasteiger partial charge in [0.05, 0.1) is 24.9 Å². The molecule has 1 aliphatic carbocycles. The fraction of sp³-hybridized carbons (Fsp3) is 0.750. The zero-order valence-corrected chi connectivity index (χ0v) is 15.2. The summed E-state index contributed by atoms with van der Waals surface area (Å²) in [6.07, 6.45) is 3.48. The van der Waals surface area contributed by atoms with Crippen LogP contribution in [-0.2, 0) is 19.1 Å². The molecule has 0 aromatic heterocycles. The number of nitrogens with two attached hydrogens (primary N) is 1. The van der Waals surface area contributed by atoms with Crippen LogP contribution in [0.3, 0.4) is 0 Å². The average Bonchev–Trinajstić information content (AvgIpc) is 2.47. The second-order valence-electron chi connectivity index (χ2n) is 5.55. The van der Waals surface area contributed by atoms with Gasteiger partial charge in [-0.15, -0.1) is 12.4 Å². The zero-order chi connectivity index (χ0) is 16.7. The Morgan fingerprint density at radius 2 is 1.96 bits per heavy atom. The van der Waals surface area contributed by atoms with Crippen LogP contribution in [0.4, 0.5) is 0 Å². The molecule has 0 radical (unpaired) electrons. The number of carbonyl (C=O) groups excluding carboxylic acids is 2. The topological polar surface area (TPSA) is 90.6 Å². The molecule has 0 aromatic carbocycles. The van der Waals surface area contributed by atoms with E-state index in [9.17, 15) is 9.59 Å². The van der Waals surface area contributed by atoms with Gasteiger partial charge in [0, 0.05) is 18.5 Å². The van der Waals surface area contributed by atoms with Crippen LogP contribution in [0.1, 0.15) is 47.0 Å². The van der Waals surface area contributed by atoms with Crippen molar-refractivity contribution in [2.24, 2.45) is 5.73 Å². The van der Waals surface area contributed by atoms with E-state index >= 15 is 0 Å². The van der Waals surface area contributed by atoms with E-state index in [1.165, 1.54) is 6.92 Å². The number of carbonyl (C=O) groups is 2. The third kappa shape index (κ3) is 6.49. The predicted octanol–water partition coefficient (Wildman–Crippen LogP) is 1.71. The van der Waals surface area contributed by atoms with Crippen LogP contribution in [0.2, 0.25) is 0 Å². The van der Waals surface area contributed by atoms with Crippen molar-refractivity contribution < 1.29 is 19.1 Å². The minimum atomic E-state index is -0.419. The third-order valence-electron chi connectivity index (χ3n) is 3.80. The van der Waals surface area contributed by atoms with Crippen LogP contribution in [0.15, 0.2) is 11.6 Å². The van der Waals surface area contributed by atoms with Crippen molar-refractivity contribution in [3.8, 4) is 0 Å². The lowest BCUT2D eigenvalue weighted by Crippen LogP contribution is -2.57. The minimum absolute atomic E-state index is 0. The SMILES string of the molecule is CCOC(=O)C1=C[C@H](OC(CC)CC)[C@H](NC(C)=O)[C@H](N)C1.Cl. The summed E-state index contributed by atoms with van der Waals surface area (Å²) >= 11 is 0. The molecule has 1 amide bonds. The number of ether oxygens (including phenoxy) is 2. The van der Waals surface area contributed by atoms with Crippen LogP contribution < -0.4 is 11.1 Å². The Labute approximate surface area is 144 Å². The Hall–Kier alpha value is -1.11. The summed E-state index contributed by atoms with van der Waals surface area (Å²) in [5.74, 6) is -0.524. The maximum atomic E-state index is 12.0. The van der Waals surface area contributed by atoms with Gasteiger partial charge in [-0.05, 0) is 32.3 Å².